The van der Waals surface area contributed by atoms with Gasteiger partial charge < -0.3 is 10.0 Å². The second kappa shape index (κ2) is 6.64. The molecule has 1 fully saturated rings. The summed E-state index contributed by atoms with van der Waals surface area (Å²) in [6.45, 7) is 8.50. The zero-order valence-electron chi connectivity index (χ0n) is 13.0. The third-order valence-corrected chi connectivity index (χ3v) is 4.95. The van der Waals surface area contributed by atoms with Gasteiger partial charge in [-0.15, -0.1) is 11.3 Å². The molecule has 1 atom stereocenters. The van der Waals surface area contributed by atoms with Crippen LogP contribution >= 0.6 is 11.3 Å². The molecular formula is C17H23NO2S. The molecule has 3 nitrogen and oxygen atoms in total. The minimum Gasteiger partial charge on any atom is -0.395 e. The van der Waals surface area contributed by atoms with Gasteiger partial charge in [-0.2, -0.15) is 0 Å². The summed E-state index contributed by atoms with van der Waals surface area (Å²) < 4.78 is 0. The standard InChI is InChI=1S/C17H23NO2S/c1-17(2,3)13-9-10-18(12-13)16(20)15-8-7-14(21-15)6-4-5-11-19/h7-8,13,19H,5,9-12H2,1-3H3. The molecule has 0 spiro atoms. The van der Waals surface area contributed by atoms with Gasteiger partial charge in [-0.1, -0.05) is 32.6 Å². The molecule has 1 unspecified atom stereocenters. The Bertz CT molecular complexity index is 559. The smallest absolute Gasteiger partial charge is 0.263 e. The van der Waals surface area contributed by atoms with Crippen LogP contribution in [0.5, 0.6) is 0 Å². The molecule has 0 bridgehead atoms. The summed E-state index contributed by atoms with van der Waals surface area (Å²) in [5.74, 6) is 6.57. The molecule has 1 aliphatic heterocycles. The Morgan fingerprint density at radius 3 is 2.86 bits per heavy atom. The second-order valence-corrected chi connectivity index (χ2v) is 7.63. The van der Waals surface area contributed by atoms with Crippen molar-refractivity contribution in [2.45, 2.75) is 33.6 Å². The highest BCUT2D eigenvalue weighted by Gasteiger charge is 2.34. The summed E-state index contributed by atoms with van der Waals surface area (Å²) in [5.41, 5.74) is 0.255. The van der Waals surface area contributed by atoms with Crippen LogP contribution in [0, 0.1) is 23.2 Å². The average molecular weight is 305 g/mol. The number of carbonyl (C=O) groups is 1. The van der Waals surface area contributed by atoms with Crippen molar-refractivity contribution in [1.82, 2.24) is 4.90 Å². The number of rotatable bonds is 2. The molecule has 2 rings (SSSR count). The monoisotopic (exact) mass is 305 g/mol. The molecular weight excluding hydrogens is 282 g/mol. The average Bonchev–Trinajstić information content (AvgIpc) is 3.07. The molecule has 1 N–H and O–H groups in total. The largest absolute Gasteiger partial charge is 0.395 e. The van der Waals surface area contributed by atoms with Gasteiger partial charge in [-0.25, -0.2) is 0 Å². The van der Waals surface area contributed by atoms with E-state index in [-0.39, 0.29) is 17.9 Å². The molecule has 1 aromatic rings. The summed E-state index contributed by atoms with van der Waals surface area (Å²) in [4.78, 5) is 16.1. The zero-order valence-corrected chi connectivity index (χ0v) is 13.8. The van der Waals surface area contributed by atoms with Gasteiger partial charge in [-0.3, -0.25) is 4.79 Å². The Morgan fingerprint density at radius 1 is 1.48 bits per heavy atom. The highest BCUT2D eigenvalue weighted by molar-refractivity contribution is 7.14. The van der Waals surface area contributed by atoms with Crippen molar-refractivity contribution in [2.24, 2.45) is 11.3 Å². The highest BCUT2D eigenvalue weighted by atomic mass is 32.1. The van der Waals surface area contributed by atoms with Crippen molar-refractivity contribution in [3.05, 3.63) is 21.9 Å². The molecule has 0 aromatic carbocycles. The zero-order chi connectivity index (χ0) is 15.5. The van der Waals surface area contributed by atoms with Gasteiger partial charge in [-0.05, 0) is 29.9 Å². The second-order valence-electron chi connectivity index (χ2n) is 6.54. The number of aliphatic hydroxyl groups is 1. The van der Waals surface area contributed by atoms with Crippen molar-refractivity contribution in [3.8, 4) is 11.8 Å². The lowest BCUT2D eigenvalue weighted by atomic mass is 9.80. The van der Waals surface area contributed by atoms with Crippen LogP contribution < -0.4 is 0 Å². The minimum atomic E-state index is 0.0755. The van der Waals surface area contributed by atoms with Crippen LogP contribution in [0.2, 0.25) is 0 Å². The molecule has 0 saturated carbocycles. The van der Waals surface area contributed by atoms with Gasteiger partial charge >= 0.3 is 0 Å². The highest BCUT2D eigenvalue weighted by Crippen LogP contribution is 2.34. The van der Waals surface area contributed by atoms with Crippen LogP contribution in [-0.4, -0.2) is 35.6 Å². The third-order valence-electron chi connectivity index (χ3n) is 3.97. The lowest BCUT2D eigenvalue weighted by molar-refractivity contribution is 0.0781. The number of thiophene rings is 1. The van der Waals surface area contributed by atoms with E-state index in [1.165, 1.54) is 11.3 Å². The lowest BCUT2D eigenvalue weighted by Crippen LogP contribution is -2.30. The Morgan fingerprint density at radius 2 is 2.24 bits per heavy atom. The van der Waals surface area contributed by atoms with Crippen molar-refractivity contribution in [3.63, 3.8) is 0 Å². The van der Waals surface area contributed by atoms with E-state index in [1.807, 2.05) is 17.0 Å². The molecule has 114 valence electrons. The molecule has 1 saturated heterocycles. The van der Waals surface area contributed by atoms with Crippen LogP contribution in [0.4, 0.5) is 0 Å². The summed E-state index contributed by atoms with van der Waals surface area (Å²) >= 11 is 1.44. The normalized spacial score (nSPS) is 18.5. The van der Waals surface area contributed by atoms with E-state index in [2.05, 4.69) is 32.6 Å². The number of likely N-dealkylation sites (tertiary alicyclic amines) is 1. The van der Waals surface area contributed by atoms with Crippen LogP contribution in [0.1, 0.15) is 48.2 Å². The van der Waals surface area contributed by atoms with Crippen molar-refractivity contribution >= 4 is 17.2 Å². The van der Waals surface area contributed by atoms with Gasteiger partial charge in [0.2, 0.25) is 0 Å². The predicted octanol–water partition coefficient (Wildman–Crippen LogP) is 2.99. The molecule has 21 heavy (non-hydrogen) atoms. The number of nitrogens with zero attached hydrogens (tertiary/aromatic N) is 1. The van der Waals surface area contributed by atoms with Crippen molar-refractivity contribution in [1.29, 1.82) is 0 Å². The SMILES string of the molecule is CC(C)(C)C1CCN(C(=O)c2ccc(C#CCCO)s2)C1. The Balaban J connectivity index is 2.00. The van der Waals surface area contributed by atoms with Gasteiger partial charge in [0.25, 0.3) is 5.91 Å². The topological polar surface area (TPSA) is 40.5 Å². The van der Waals surface area contributed by atoms with Gasteiger partial charge in [0.05, 0.1) is 16.4 Å². The van der Waals surface area contributed by atoms with E-state index >= 15 is 0 Å². The van der Waals surface area contributed by atoms with E-state index in [4.69, 9.17) is 5.11 Å². The lowest BCUT2D eigenvalue weighted by Gasteiger charge is -2.26. The fourth-order valence-corrected chi connectivity index (χ4v) is 3.38. The maximum Gasteiger partial charge on any atom is 0.263 e. The number of hydrogen-bond acceptors (Lipinski definition) is 3. The molecule has 1 aliphatic rings. The molecule has 4 heteroatoms. The number of carbonyl (C=O) groups excluding carboxylic acids is 1. The third kappa shape index (κ3) is 4.09. The van der Waals surface area contributed by atoms with Crippen LogP contribution in [0.15, 0.2) is 12.1 Å². The summed E-state index contributed by atoms with van der Waals surface area (Å²) in [6.07, 6.45) is 1.56. The fourth-order valence-electron chi connectivity index (χ4n) is 2.53. The molecule has 1 amide bonds. The van der Waals surface area contributed by atoms with Crippen LogP contribution in [-0.2, 0) is 0 Å². The Labute approximate surface area is 131 Å². The van der Waals surface area contributed by atoms with Gasteiger partial charge in [0, 0.05) is 19.5 Å². The molecule has 2 heterocycles. The van der Waals surface area contributed by atoms with Crippen molar-refractivity contribution in [2.75, 3.05) is 19.7 Å². The first kappa shape index (κ1) is 16.1. The predicted molar refractivity (Wildman–Crippen MR) is 86.4 cm³/mol. The van der Waals surface area contributed by atoms with E-state index in [0.717, 1.165) is 29.3 Å². The number of hydrogen-bond donors (Lipinski definition) is 1. The minimum absolute atomic E-state index is 0.0755. The first-order valence-corrected chi connectivity index (χ1v) is 8.22. The quantitative estimate of drug-likeness (QED) is 0.853. The molecule has 0 aliphatic carbocycles. The van der Waals surface area contributed by atoms with E-state index < -0.39 is 0 Å². The van der Waals surface area contributed by atoms with Gasteiger partial charge in [0.1, 0.15) is 0 Å². The summed E-state index contributed by atoms with van der Waals surface area (Å²) in [7, 11) is 0. The Kier molecular flexibility index (Phi) is 5.08. The first-order valence-electron chi connectivity index (χ1n) is 7.40. The van der Waals surface area contributed by atoms with E-state index in [9.17, 15) is 4.79 Å². The van der Waals surface area contributed by atoms with Crippen molar-refractivity contribution < 1.29 is 9.90 Å². The van der Waals surface area contributed by atoms with Crippen LogP contribution in [0.3, 0.4) is 0 Å². The number of aliphatic hydroxyl groups excluding tert-OH is 1. The fraction of sp³-hybridized carbons (Fsp3) is 0.588. The molecule has 0 radical (unpaired) electrons. The Hall–Kier alpha value is -1.31. The first-order chi connectivity index (χ1) is 9.91. The van der Waals surface area contributed by atoms with Gasteiger partial charge in [0.15, 0.2) is 0 Å². The van der Waals surface area contributed by atoms with Crippen LogP contribution in [0.25, 0.3) is 0 Å². The summed E-state index contributed by atoms with van der Waals surface area (Å²) in [6, 6.07) is 3.75. The van der Waals surface area contributed by atoms with E-state index in [0.29, 0.717) is 12.3 Å². The maximum atomic E-state index is 12.5. The maximum absolute atomic E-state index is 12.5. The molecule has 1 aromatic heterocycles. The summed E-state index contributed by atoms with van der Waals surface area (Å²) in [5, 5.41) is 8.71. The van der Waals surface area contributed by atoms with E-state index in [1.54, 1.807) is 0 Å². The number of amides is 1.